The minimum Gasteiger partial charge on any atom is -0.351 e. The SMILES string of the molecule is CCC(=O)N(c1cccc(F)c1)C(C(=O)NC1CCCCC1)c1ccccc1C.[HH]. The molecule has 1 unspecified atom stereocenters. The van der Waals surface area contributed by atoms with Gasteiger partial charge in [-0.1, -0.05) is 56.5 Å². The molecule has 29 heavy (non-hydrogen) atoms. The summed E-state index contributed by atoms with van der Waals surface area (Å²) in [6.45, 7) is 3.68. The third-order valence-corrected chi connectivity index (χ3v) is 5.60. The molecule has 0 aliphatic heterocycles. The first kappa shape index (κ1) is 21.0. The van der Waals surface area contributed by atoms with Crippen molar-refractivity contribution in [1.29, 1.82) is 0 Å². The van der Waals surface area contributed by atoms with E-state index < -0.39 is 11.9 Å². The lowest BCUT2D eigenvalue weighted by Crippen LogP contribution is -2.47. The molecule has 2 amide bonds. The summed E-state index contributed by atoms with van der Waals surface area (Å²) in [5.41, 5.74) is 2.07. The number of halogens is 1. The van der Waals surface area contributed by atoms with Gasteiger partial charge in [0.1, 0.15) is 11.9 Å². The molecular formula is C24H31FN2O2. The molecule has 2 aromatic carbocycles. The van der Waals surface area contributed by atoms with Crippen molar-refractivity contribution >= 4 is 17.5 Å². The number of hydrogen-bond donors (Lipinski definition) is 1. The second kappa shape index (κ2) is 9.68. The number of nitrogens with one attached hydrogen (secondary N) is 1. The molecule has 1 N–H and O–H groups in total. The van der Waals surface area contributed by atoms with Crippen molar-refractivity contribution in [2.45, 2.75) is 64.5 Å². The second-order valence-corrected chi connectivity index (χ2v) is 7.70. The first-order chi connectivity index (χ1) is 14.0. The van der Waals surface area contributed by atoms with Gasteiger partial charge in [-0.2, -0.15) is 0 Å². The Kier molecular flexibility index (Phi) is 7.02. The summed E-state index contributed by atoms with van der Waals surface area (Å²) in [5, 5.41) is 3.16. The van der Waals surface area contributed by atoms with Crippen molar-refractivity contribution in [3.8, 4) is 0 Å². The molecule has 1 atom stereocenters. The van der Waals surface area contributed by atoms with Gasteiger partial charge in [0, 0.05) is 19.6 Å². The van der Waals surface area contributed by atoms with Crippen LogP contribution in [-0.2, 0) is 9.59 Å². The van der Waals surface area contributed by atoms with Crippen LogP contribution in [0.1, 0.15) is 64.0 Å². The van der Waals surface area contributed by atoms with Gasteiger partial charge in [0.2, 0.25) is 11.8 Å². The van der Waals surface area contributed by atoms with Crippen molar-refractivity contribution in [2.24, 2.45) is 0 Å². The van der Waals surface area contributed by atoms with Gasteiger partial charge in [-0.15, -0.1) is 0 Å². The van der Waals surface area contributed by atoms with Gasteiger partial charge >= 0.3 is 0 Å². The summed E-state index contributed by atoms with van der Waals surface area (Å²) in [5.74, 6) is -0.868. The smallest absolute Gasteiger partial charge is 0.248 e. The number of benzene rings is 2. The third-order valence-electron chi connectivity index (χ3n) is 5.60. The van der Waals surface area contributed by atoms with Gasteiger partial charge in [-0.05, 0) is 49.1 Å². The molecule has 5 heteroatoms. The first-order valence-corrected chi connectivity index (χ1v) is 10.4. The highest BCUT2D eigenvalue weighted by Gasteiger charge is 2.34. The van der Waals surface area contributed by atoms with Crippen molar-refractivity contribution in [2.75, 3.05) is 4.90 Å². The standard InChI is InChI=1S/C24H29FN2O2.H2/c1-3-22(28)27(20-14-9-11-18(25)16-20)23(21-15-8-7-10-17(21)2)24(29)26-19-12-5-4-6-13-19;/h7-11,14-16,19,23H,3-6,12-13H2,1-2H3,(H,26,29);1H. The van der Waals surface area contributed by atoms with Crippen LogP contribution in [0.3, 0.4) is 0 Å². The second-order valence-electron chi connectivity index (χ2n) is 7.70. The van der Waals surface area contributed by atoms with E-state index in [2.05, 4.69) is 5.32 Å². The van der Waals surface area contributed by atoms with E-state index in [1.165, 1.54) is 23.5 Å². The summed E-state index contributed by atoms with van der Waals surface area (Å²) in [6, 6.07) is 12.7. The van der Waals surface area contributed by atoms with Gasteiger partial charge in [-0.3, -0.25) is 14.5 Å². The van der Waals surface area contributed by atoms with E-state index in [0.717, 1.165) is 36.8 Å². The topological polar surface area (TPSA) is 49.4 Å². The maximum Gasteiger partial charge on any atom is 0.248 e. The fourth-order valence-corrected chi connectivity index (χ4v) is 4.05. The number of rotatable bonds is 6. The quantitative estimate of drug-likeness (QED) is 0.716. The van der Waals surface area contributed by atoms with Crippen molar-refractivity contribution in [1.82, 2.24) is 5.32 Å². The van der Waals surface area contributed by atoms with E-state index in [-0.39, 0.29) is 25.7 Å². The summed E-state index contributed by atoms with van der Waals surface area (Å²) < 4.78 is 14.0. The van der Waals surface area contributed by atoms with E-state index in [0.29, 0.717) is 5.69 Å². The van der Waals surface area contributed by atoms with Gasteiger partial charge in [0.15, 0.2) is 0 Å². The minimum atomic E-state index is -0.840. The number of anilines is 1. The molecule has 0 heterocycles. The number of carbonyl (C=O) groups is 2. The molecule has 2 aromatic rings. The lowest BCUT2D eigenvalue weighted by Gasteiger charge is -2.34. The van der Waals surface area contributed by atoms with Crippen molar-refractivity contribution in [3.05, 3.63) is 65.5 Å². The molecule has 1 aliphatic rings. The molecule has 1 aliphatic carbocycles. The molecular weight excluding hydrogens is 367 g/mol. The molecule has 3 rings (SSSR count). The molecule has 4 nitrogen and oxygen atoms in total. The fourth-order valence-electron chi connectivity index (χ4n) is 4.05. The Bertz CT molecular complexity index is 868. The molecule has 0 spiro atoms. The van der Waals surface area contributed by atoms with E-state index in [9.17, 15) is 14.0 Å². The highest BCUT2D eigenvalue weighted by molar-refractivity contribution is 6.01. The maximum absolute atomic E-state index is 14.0. The Hall–Kier alpha value is -2.69. The minimum absolute atomic E-state index is 0. The lowest BCUT2D eigenvalue weighted by atomic mass is 9.93. The van der Waals surface area contributed by atoms with E-state index in [1.807, 2.05) is 31.2 Å². The Balaban J connectivity index is 0.00000320. The monoisotopic (exact) mass is 398 g/mol. The van der Waals surface area contributed by atoms with Crippen LogP contribution < -0.4 is 10.2 Å². The Morgan fingerprint density at radius 3 is 2.52 bits per heavy atom. The molecule has 1 saturated carbocycles. The fraction of sp³-hybridized carbons (Fsp3) is 0.417. The highest BCUT2D eigenvalue weighted by Crippen LogP contribution is 2.31. The van der Waals surface area contributed by atoms with E-state index in [4.69, 9.17) is 0 Å². The van der Waals surface area contributed by atoms with Crippen molar-refractivity contribution < 1.29 is 15.4 Å². The number of nitrogens with zero attached hydrogens (tertiary/aromatic N) is 1. The highest BCUT2D eigenvalue weighted by atomic mass is 19.1. The predicted octanol–water partition coefficient (Wildman–Crippen LogP) is 5.31. The summed E-state index contributed by atoms with van der Waals surface area (Å²) in [4.78, 5) is 27.9. The molecule has 0 saturated heterocycles. The van der Waals surface area contributed by atoms with Gasteiger partial charge in [0.05, 0.1) is 0 Å². The largest absolute Gasteiger partial charge is 0.351 e. The average Bonchev–Trinajstić information content (AvgIpc) is 2.73. The zero-order chi connectivity index (χ0) is 20.8. The van der Waals surface area contributed by atoms with Gasteiger partial charge < -0.3 is 5.32 Å². The summed E-state index contributed by atoms with van der Waals surface area (Å²) in [7, 11) is 0. The van der Waals surface area contributed by atoms with Crippen molar-refractivity contribution in [3.63, 3.8) is 0 Å². The average molecular weight is 399 g/mol. The Morgan fingerprint density at radius 2 is 1.86 bits per heavy atom. The third kappa shape index (κ3) is 5.03. The normalized spacial score (nSPS) is 15.6. The Morgan fingerprint density at radius 1 is 1.14 bits per heavy atom. The molecule has 156 valence electrons. The zero-order valence-electron chi connectivity index (χ0n) is 17.2. The van der Waals surface area contributed by atoms with Crippen LogP contribution in [0.5, 0.6) is 0 Å². The first-order valence-electron chi connectivity index (χ1n) is 10.4. The molecule has 0 radical (unpaired) electrons. The maximum atomic E-state index is 14.0. The Labute approximate surface area is 173 Å². The predicted molar refractivity (Wildman–Crippen MR) is 115 cm³/mol. The van der Waals surface area contributed by atoms with E-state index in [1.54, 1.807) is 19.1 Å². The molecule has 1 fully saturated rings. The molecule has 0 aromatic heterocycles. The molecule has 0 bridgehead atoms. The summed E-state index contributed by atoms with van der Waals surface area (Å²) in [6.07, 6.45) is 5.51. The van der Waals surface area contributed by atoms with Crippen LogP contribution in [0.2, 0.25) is 0 Å². The van der Waals surface area contributed by atoms with Crippen LogP contribution >= 0.6 is 0 Å². The number of hydrogen-bond acceptors (Lipinski definition) is 2. The lowest BCUT2D eigenvalue weighted by molar-refractivity contribution is -0.127. The van der Waals surface area contributed by atoms with Crippen LogP contribution in [-0.4, -0.2) is 17.9 Å². The van der Waals surface area contributed by atoms with Crippen LogP contribution in [0.15, 0.2) is 48.5 Å². The number of aryl methyl sites for hydroxylation is 1. The zero-order valence-corrected chi connectivity index (χ0v) is 17.2. The van der Waals surface area contributed by atoms with Crippen LogP contribution in [0, 0.1) is 12.7 Å². The van der Waals surface area contributed by atoms with Gasteiger partial charge in [0.25, 0.3) is 0 Å². The van der Waals surface area contributed by atoms with E-state index >= 15 is 0 Å². The number of amides is 2. The van der Waals surface area contributed by atoms with Gasteiger partial charge in [-0.25, -0.2) is 4.39 Å². The summed E-state index contributed by atoms with van der Waals surface area (Å²) >= 11 is 0. The van der Waals surface area contributed by atoms with Crippen LogP contribution in [0.4, 0.5) is 10.1 Å². The van der Waals surface area contributed by atoms with Crippen LogP contribution in [0.25, 0.3) is 0 Å². The number of carbonyl (C=O) groups excluding carboxylic acids is 2.